The Bertz CT molecular complexity index is 688. The van der Waals surface area contributed by atoms with E-state index in [1.165, 1.54) is 0 Å². The molecule has 25 heavy (non-hydrogen) atoms. The zero-order chi connectivity index (χ0) is 17.6. The first-order valence-electron chi connectivity index (χ1n) is 8.86. The fourth-order valence-corrected chi connectivity index (χ4v) is 3.24. The van der Waals surface area contributed by atoms with Gasteiger partial charge in [-0.1, -0.05) is 18.1 Å². The summed E-state index contributed by atoms with van der Waals surface area (Å²) in [6.45, 7) is 6.82. The lowest BCUT2D eigenvalue weighted by Crippen LogP contribution is -2.40. The minimum absolute atomic E-state index is 0.0550. The van der Waals surface area contributed by atoms with Crippen LogP contribution < -0.4 is 0 Å². The minimum atomic E-state index is 0.0550. The number of hydrogen-bond acceptors (Lipinski definition) is 6. The Morgan fingerprint density at radius 1 is 1.44 bits per heavy atom. The molecule has 0 bridgehead atoms. The van der Waals surface area contributed by atoms with Crippen molar-refractivity contribution in [2.24, 2.45) is 0 Å². The van der Waals surface area contributed by atoms with Gasteiger partial charge in [-0.2, -0.15) is 4.98 Å². The molecule has 2 aromatic rings. The molecule has 0 spiro atoms. The predicted molar refractivity (Wildman–Crippen MR) is 92.7 cm³/mol. The molecule has 1 fully saturated rings. The number of likely N-dealkylation sites (tertiary alicyclic amines) is 1. The van der Waals surface area contributed by atoms with Crippen molar-refractivity contribution in [1.29, 1.82) is 0 Å². The van der Waals surface area contributed by atoms with Gasteiger partial charge >= 0.3 is 0 Å². The highest BCUT2D eigenvalue weighted by Gasteiger charge is 2.30. The second kappa shape index (κ2) is 8.20. The van der Waals surface area contributed by atoms with Crippen LogP contribution in [0.3, 0.4) is 0 Å². The van der Waals surface area contributed by atoms with E-state index in [0.717, 1.165) is 38.2 Å². The van der Waals surface area contributed by atoms with Crippen LogP contribution in [0, 0.1) is 0 Å². The van der Waals surface area contributed by atoms with E-state index in [1.54, 1.807) is 6.92 Å². The lowest BCUT2D eigenvalue weighted by atomic mass is 10.2. The number of aromatic nitrogens is 3. The highest BCUT2D eigenvalue weighted by molar-refractivity contribution is 5.73. The summed E-state index contributed by atoms with van der Waals surface area (Å²) < 4.78 is 5.15. The summed E-state index contributed by atoms with van der Waals surface area (Å²) in [5, 5.41) is 3.97. The summed E-state index contributed by atoms with van der Waals surface area (Å²) >= 11 is 0. The lowest BCUT2D eigenvalue weighted by Gasteiger charge is -2.27. The van der Waals surface area contributed by atoms with Crippen molar-refractivity contribution in [1.82, 2.24) is 24.9 Å². The van der Waals surface area contributed by atoms with Crippen LogP contribution in [-0.2, 0) is 24.2 Å². The van der Waals surface area contributed by atoms with E-state index >= 15 is 0 Å². The maximum atomic E-state index is 12.1. The number of pyridine rings is 1. The van der Waals surface area contributed by atoms with Crippen LogP contribution in [0.2, 0.25) is 0 Å². The summed E-state index contributed by atoms with van der Waals surface area (Å²) in [7, 11) is 0. The summed E-state index contributed by atoms with van der Waals surface area (Å²) in [6, 6.07) is 6.20. The second-order valence-corrected chi connectivity index (χ2v) is 6.42. The molecule has 0 aliphatic carbocycles. The Morgan fingerprint density at radius 2 is 2.32 bits per heavy atom. The molecule has 1 atom stereocenters. The van der Waals surface area contributed by atoms with Gasteiger partial charge < -0.3 is 14.3 Å². The highest BCUT2D eigenvalue weighted by Crippen LogP contribution is 2.18. The van der Waals surface area contributed by atoms with Gasteiger partial charge in [0, 0.05) is 57.3 Å². The van der Waals surface area contributed by atoms with Crippen LogP contribution in [-0.4, -0.2) is 56.5 Å². The van der Waals surface area contributed by atoms with E-state index in [4.69, 9.17) is 4.52 Å². The number of hydrogen-bond donors (Lipinski definition) is 0. The minimum Gasteiger partial charge on any atom is -0.339 e. The van der Waals surface area contributed by atoms with Crippen molar-refractivity contribution >= 4 is 5.91 Å². The third-order valence-corrected chi connectivity index (χ3v) is 4.63. The zero-order valence-electron chi connectivity index (χ0n) is 14.9. The lowest BCUT2D eigenvalue weighted by molar-refractivity contribution is -0.131. The van der Waals surface area contributed by atoms with Crippen LogP contribution in [0.1, 0.15) is 37.7 Å². The summed E-state index contributed by atoms with van der Waals surface area (Å²) in [5.74, 6) is 1.25. The van der Waals surface area contributed by atoms with Crippen molar-refractivity contribution in [3.63, 3.8) is 0 Å². The highest BCUT2D eigenvalue weighted by atomic mass is 16.5. The van der Waals surface area contributed by atoms with Gasteiger partial charge in [-0.3, -0.25) is 9.78 Å². The molecule has 3 heterocycles. The second-order valence-electron chi connectivity index (χ2n) is 6.42. The van der Waals surface area contributed by atoms with Gasteiger partial charge in [-0.25, -0.2) is 0 Å². The topological polar surface area (TPSA) is 75.4 Å². The molecule has 3 rings (SSSR count). The average Bonchev–Trinajstić information content (AvgIpc) is 3.27. The smallest absolute Gasteiger partial charge is 0.226 e. The van der Waals surface area contributed by atoms with Crippen LogP contribution >= 0.6 is 0 Å². The number of rotatable bonds is 7. The predicted octanol–water partition coefficient (Wildman–Crippen LogP) is 1.69. The molecule has 2 aromatic heterocycles. The first-order chi connectivity index (χ1) is 12.2. The van der Waals surface area contributed by atoms with Crippen molar-refractivity contribution in [3.05, 3.63) is 41.8 Å². The molecule has 0 aromatic carbocycles. The van der Waals surface area contributed by atoms with E-state index in [1.807, 2.05) is 30.2 Å². The Labute approximate surface area is 148 Å². The first-order valence-corrected chi connectivity index (χ1v) is 8.86. The maximum Gasteiger partial charge on any atom is 0.226 e. The van der Waals surface area contributed by atoms with Gasteiger partial charge in [0.25, 0.3) is 0 Å². The van der Waals surface area contributed by atoms with Gasteiger partial charge in [-0.15, -0.1) is 0 Å². The fourth-order valence-electron chi connectivity index (χ4n) is 3.24. The van der Waals surface area contributed by atoms with Gasteiger partial charge in [0.05, 0.1) is 6.54 Å². The molecule has 0 saturated carbocycles. The van der Waals surface area contributed by atoms with E-state index in [0.29, 0.717) is 24.7 Å². The van der Waals surface area contributed by atoms with Crippen molar-refractivity contribution in [2.75, 3.05) is 19.6 Å². The molecule has 134 valence electrons. The maximum absolute atomic E-state index is 12.1. The molecular formula is C18H25N5O2. The Balaban J connectivity index is 1.55. The average molecular weight is 343 g/mol. The third kappa shape index (κ3) is 4.63. The van der Waals surface area contributed by atoms with Crippen LogP contribution in [0.5, 0.6) is 0 Å². The summed E-state index contributed by atoms with van der Waals surface area (Å²) in [6.07, 6.45) is 4.44. The number of amides is 1. The third-order valence-electron chi connectivity index (χ3n) is 4.63. The normalized spacial score (nSPS) is 17.8. The molecule has 0 N–H and O–H groups in total. The Morgan fingerprint density at radius 3 is 3.00 bits per heavy atom. The molecular weight excluding hydrogens is 318 g/mol. The molecule has 0 radical (unpaired) electrons. The van der Waals surface area contributed by atoms with E-state index in [9.17, 15) is 4.79 Å². The quantitative estimate of drug-likeness (QED) is 0.761. The monoisotopic (exact) mass is 343 g/mol. The standard InChI is InChI=1S/C18H25N5O2/c1-3-18-20-17(21-25-18)13-23(14(2)24)16-8-11-22(12-16)10-7-15-6-4-5-9-19-15/h4-6,9,16H,3,7-8,10-13H2,1-2H3. The van der Waals surface area contributed by atoms with E-state index < -0.39 is 0 Å². The van der Waals surface area contributed by atoms with Crippen molar-refractivity contribution in [2.45, 2.75) is 45.7 Å². The van der Waals surface area contributed by atoms with Crippen molar-refractivity contribution in [3.8, 4) is 0 Å². The van der Waals surface area contributed by atoms with Gasteiger partial charge in [0.15, 0.2) is 5.82 Å². The van der Waals surface area contributed by atoms with Crippen LogP contribution in [0.15, 0.2) is 28.9 Å². The molecule has 1 saturated heterocycles. The summed E-state index contributed by atoms with van der Waals surface area (Å²) in [4.78, 5) is 25.1. The number of aryl methyl sites for hydroxylation is 1. The SMILES string of the molecule is CCc1nc(CN(C(C)=O)C2CCN(CCc3ccccn3)C2)no1. The van der Waals surface area contributed by atoms with E-state index in [2.05, 4.69) is 26.1 Å². The van der Waals surface area contributed by atoms with Gasteiger partial charge in [0.2, 0.25) is 11.8 Å². The molecule has 1 aliphatic rings. The molecule has 7 nitrogen and oxygen atoms in total. The van der Waals surface area contributed by atoms with E-state index in [-0.39, 0.29) is 11.9 Å². The first kappa shape index (κ1) is 17.5. The Hall–Kier alpha value is -2.28. The largest absolute Gasteiger partial charge is 0.339 e. The summed E-state index contributed by atoms with van der Waals surface area (Å²) in [5.41, 5.74) is 1.10. The molecule has 7 heteroatoms. The van der Waals surface area contributed by atoms with Gasteiger partial charge in [0.1, 0.15) is 0 Å². The molecule has 1 amide bonds. The molecule has 1 aliphatic heterocycles. The number of carbonyl (C=O) groups is 1. The fraction of sp³-hybridized carbons (Fsp3) is 0.556. The molecule has 1 unspecified atom stereocenters. The zero-order valence-corrected chi connectivity index (χ0v) is 14.9. The Kier molecular flexibility index (Phi) is 5.75. The van der Waals surface area contributed by atoms with Gasteiger partial charge in [-0.05, 0) is 18.6 Å². The number of nitrogens with zero attached hydrogens (tertiary/aromatic N) is 5. The van der Waals surface area contributed by atoms with Crippen LogP contribution in [0.25, 0.3) is 0 Å². The van der Waals surface area contributed by atoms with Crippen LogP contribution in [0.4, 0.5) is 0 Å². The number of carbonyl (C=O) groups excluding carboxylic acids is 1. The van der Waals surface area contributed by atoms with Crippen molar-refractivity contribution < 1.29 is 9.32 Å².